The molecule has 3 aromatic carbocycles. The Morgan fingerprint density at radius 1 is 0.825 bits per heavy atom. The topological polar surface area (TPSA) is 74.4 Å². The Kier molecular flexibility index (Phi) is 8.96. The van der Waals surface area contributed by atoms with Gasteiger partial charge in [0.1, 0.15) is 11.5 Å². The van der Waals surface area contributed by atoms with Gasteiger partial charge in [0.25, 0.3) is 11.8 Å². The average Bonchev–Trinajstić information content (AvgIpc) is 3.01. The highest BCUT2D eigenvalue weighted by molar-refractivity contribution is 6.30. The largest absolute Gasteiger partial charge is 0.495 e. The first-order chi connectivity index (χ1) is 19.5. The van der Waals surface area contributed by atoms with Crippen LogP contribution in [0.1, 0.15) is 29.6 Å². The van der Waals surface area contributed by atoms with Gasteiger partial charge in [-0.1, -0.05) is 23.7 Å². The summed E-state index contributed by atoms with van der Waals surface area (Å²) in [6.07, 6.45) is 3.17. The van der Waals surface area contributed by atoms with Crippen LogP contribution in [0.3, 0.4) is 0 Å². The van der Waals surface area contributed by atoms with E-state index in [1.807, 2.05) is 35.2 Å². The molecule has 0 aromatic heterocycles. The average molecular weight is 563 g/mol. The lowest BCUT2D eigenvalue weighted by Gasteiger charge is -2.39. The highest BCUT2D eigenvalue weighted by Gasteiger charge is 2.26. The number of ether oxygens (including phenoxy) is 2. The Morgan fingerprint density at radius 3 is 2.20 bits per heavy atom. The van der Waals surface area contributed by atoms with Gasteiger partial charge in [0.2, 0.25) is 0 Å². The van der Waals surface area contributed by atoms with Gasteiger partial charge in [0.15, 0.2) is 6.61 Å². The van der Waals surface area contributed by atoms with E-state index in [1.54, 1.807) is 37.4 Å². The number of hydrogen-bond acceptors (Lipinski definition) is 6. The van der Waals surface area contributed by atoms with E-state index < -0.39 is 0 Å². The normalized spacial score (nSPS) is 15.5. The smallest absolute Gasteiger partial charge is 0.262 e. The van der Waals surface area contributed by atoms with Crippen molar-refractivity contribution in [2.75, 3.05) is 68.1 Å². The molecular formula is C31H35ClN4O4. The number of methoxy groups -OCH3 is 1. The Labute approximate surface area is 240 Å². The number of piperazine rings is 1. The van der Waals surface area contributed by atoms with E-state index in [0.29, 0.717) is 22.0 Å². The standard InChI is InChI=1S/C31H35ClN4O4/c1-39-29-8-4-3-7-28(29)35-19-17-34(18-20-35)27-14-11-24(21-26(27)31(38)36-15-5-2-6-16-36)33-30(37)22-40-25-12-9-23(32)10-13-25/h3-4,7-14,21H,2,5-6,15-20,22H2,1H3,(H,33,37). The lowest BCUT2D eigenvalue weighted by Crippen LogP contribution is -2.47. The predicted octanol–water partition coefficient (Wildman–Crippen LogP) is 5.32. The van der Waals surface area contributed by atoms with E-state index in [9.17, 15) is 9.59 Å². The van der Waals surface area contributed by atoms with Gasteiger partial charge >= 0.3 is 0 Å². The van der Waals surface area contributed by atoms with Crippen molar-refractivity contribution >= 4 is 40.5 Å². The second kappa shape index (κ2) is 13.0. The number of nitrogens with one attached hydrogen (secondary N) is 1. The van der Waals surface area contributed by atoms with Crippen molar-refractivity contribution in [3.63, 3.8) is 0 Å². The summed E-state index contributed by atoms with van der Waals surface area (Å²) >= 11 is 5.92. The Balaban J connectivity index is 1.31. The van der Waals surface area contributed by atoms with E-state index in [2.05, 4.69) is 21.2 Å². The molecule has 5 rings (SSSR count). The van der Waals surface area contributed by atoms with Crippen LogP contribution >= 0.6 is 11.6 Å². The molecule has 2 heterocycles. The summed E-state index contributed by atoms with van der Waals surface area (Å²) in [5.41, 5.74) is 3.16. The van der Waals surface area contributed by atoms with E-state index >= 15 is 0 Å². The zero-order valence-electron chi connectivity index (χ0n) is 22.8. The van der Waals surface area contributed by atoms with E-state index in [4.69, 9.17) is 21.1 Å². The minimum absolute atomic E-state index is 0.00960. The molecule has 0 saturated carbocycles. The maximum atomic E-state index is 13.7. The summed E-state index contributed by atoms with van der Waals surface area (Å²) in [5.74, 6) is 1.13. The minimum Gasteiger partial charge on any atom is -0.495 e. The van der Waals surface area contributed by atoms with Gasteiger partial charge in [-0.15, -0.1) is 0 Å². The molecule has 8 nitrogen and oxygen atoms in total. The van der Waals surface area contributed by atoms with Crippen LogP contribution in [0.15, 0.2) is 66.7 Å². The lowest BCUT2D eigenvalue weighted by molar-refractivity contribution is -0.118. The number of para-hydroxylation sites is 2. The number of carbonyl (C=O) groups excluding carboxylic acids is 2. The molecule has 3 aromatic rings. The molecule has 2 aliphatic rings. The second-order valence-electron chi connectivity index (χ2n) is 10.0. The number of amides is 2. The lowest BCUT2D eigenvalue weighted by atomic mass is 10.1. The van der Waals surface area contributed by atoms with Crippen LogP contribution in [0.4, 0.5) is 17.1 Å². The van der Waals surface area contributed by atoms with Gasteiger partial charge in [-0.05, 0) is 73.9 Å². The maximum absolute atomic E-state index is 13.7. The quantitative estimate of drug-likeness (QED) is 0.401. The summed E-state index contributed by atoms with van der Waals surface area (Å²) in [5, 5.41) is 3.49. The zero-order chi connectivity index (χ0) is 27.9. The molecule has 210 valence electrons. The summed E-state index contributed by atoms with van der Waals surface area (Å²) in [6.45, 7) is 4.49. The minimum atomic E-state index is -0.301. The first-order valence-corrected chi connectivity index (χ1v) is 14.1. The number of halogens is 1. The fourth-order valence-corrected chi connectivity index (χ4v) is 5.41. The molecule has 2 amide bonds. The first kappa shape index (κ1) is 27.6. The van der Waals surface area contributed by atoms with Gasteiger partial charge in [-0.3, -0.25) is 9.59 Å². The van der Waals surface area contributed by atoms with E-state index in [-0.39, 0.29) is 18.4 Å². The molecule has 1 N–H and O–H groups in total. The molecule has 2 saturated heterocycles. The van der Waals surface area contributed by atoms with Gasteiger partial charge < -0.3 is 29.5 Å². The highest BCUT2D eigenvalue weighted by Crippen LogP contribution is 2.32. The van der Waals surface area contributed by atoms with Crippen LogP contribution in [0.2, 0.25) is 5.02 Å². The van der Waals surface area contributed by atoms with Crippen LogP contribution in [0.25, 0.3) is 0 Å². The third kappa shape index (κ3) is 6.62. The van der Waals surface area contributed by atoms with E-state index in [1.165, 1.54) is 0 Å². The second-order valence-corrected chi connectivity index (χ2v) is 10.5. The van der Waals surface area contributed by atoms with Gasteiger partial charge in [-0.25, -0.2) is 0 Å². The van der Waals surface area contributed by atoms with Gasteiger partial charge in [0, 0.05) is 55.7 Å². The van der Waals surface area contributed by atoms with Gasteiger partial charge in [0.05, 0.1) is 18.4 Å². The van der Waals surface area contributed by atoms with Gasteiger partial charge in [-0.2, -0.15) is 0 Å². The molecule has 0 unspecified atom stereocenters. The zero-order valence-corrected chi connectivity index (χ0v) is 23.5. The fraction of sp³-hybridized carbons (Fsp3) is 0.355. The Hall–Kier alpha value is -3.91. The molecule has 9 heteroatoms. The summed E-state index contributed by atoms with van der Waals surface area (Å²) in [6, 6.07) is 20.5. The molecule has 0 spiro atoms. The SMILES string of the molecule is COc1ccccc1N1CCN(c2ccc(NC(=O)COc3ccc(Cl)cc3)cc2C(=O)N2CCCCC2)CC1. The maximum Gasteiger partial charge on any atom is 0.262 e. The number of nitrogens with zero attached hydrogens (tertiary/aromatic N) is 3. The van der Waals surface area contributed by atoms with Crippen LogP contribution in [0.5, 0.6) is 11.5 Å². The number of likely N-dealkylation sites (tertiary alicyclic amines) is 1. The van der Waals surface area contributed by atoms with Crippen molar-refractivity contribution in [2.24, 2.45) is 0 Å². The fourth-order valence-electron chi connectivity index (χ4n) is 5.28. The Morgan fingerprint density at radius 2 is 1.50 bits per heavy atom. The highest BCUT2D eigenvalue weighted by atomic mass is 35.5. The molecule has 0 aliphatic carbocycles. The van der Waals surface area contributed by atoms with E-state index in [0.717, 1.165) is 75.7 Å². The molecule has 0 bridgehead atoms. The van der Waals surface area contributed by atoms with Crippen molar-refractivity contribution in [3.8, 4) is 11.5 Å². The van der Waals surface area contributed by atoms with Crippen LogP contribution in [-0.4, -0.2) is 69.7 Å². The molecular weight excluding hydrogens is 528 g/mol. The number of piperidine rings is 1. The molecule has 2 fully saturated rings. The van der Waals surface area contributed by atoms with Crippen molar-refractivity contribution in [1.82, 2.24) is 4.90 Å². The molecule has 0 radical (unpaired) electrons. The third-order valence-electron chi connectivity index (χ3n) is 7.38. The van der Waals surface area contributed by atoms with Crippen molar-refractivity contribution < 1.29 is 19.1 Å². The first-order valence-electron chi connectivity index (χ1n) is 13.8. The number of carbonyl (C=O) groups is 2. The molecule has 40 heavy (non-hydrogen) atoms. The van der Waals surface area contributed by atoms with Crippen LogP contribution < -0.4 is 24.6 Å². The van der Waals surface area contributed by atoms with Crippen molar-refractivity contribution in [3.05, 3.63) is 77.3 Å². The van der Waals surface area contributed by atoms with Crippen LogP contribution in [-0.2, 0) is 4.79 Å². The number of anilines is 3. The summed E-state index contributed by atoms with van der Waals surface area (Å²) in [4.78, 5) is 32.9. The third-order valence-corrected chi connectivity index (χ3v) is 7.64. The number of benzene rings is 3. The van der Waals surface area contributed by atoms with Crippen molar-refractivity contribution in [2.45, 2.75) is 19.3 Å². The number of rotatable bonds is 8. The summed E-state index contributed by atoms with van der Waals surface area (Å²) < 4.78 is 11.1. The molecule has 2 aliphatic heterocycles. The van der Waals surface area contributed by atoms with Crippen molar-refractivity contribution in [1.29, 1.82) is 0 Å². The number of hydrogen-bond donors (Lipinski definition) is 1. The van der Waals surface area contributed by atoms with Crippen LogP contribution in [0, 0.1) is 0 Å². The Bertz CT molecular complexity index is 1320. The summed E-state index contributed by atoms with van der Waals surface area (Å²) in [7, 11) is 1.69. The predicted molar refractivity (Wildman–Crippen MR) is 159 cm³/mol. The molecule has 0 atom stereocenters. The monoisotopic (exact) mass is 562 g/mol.